The number of methoxy groups -OCH3 is 2. The van der Waals surface area contributed by atoms with Gasteiger partial charge in [-0.15, -0.1) is 0 Å². The lowest BCUT2D eigenvalue weighted by molar-refractivity contribution is -0.0573. The molecule has 0 radical (unpaired) electrons. The van der Waals surface area contributed by atoms with Gasteiger partial charge >= 0.3 is 0 Å². The van der Waals surface area contributed by atoms with Gasteiger partial charge in [0, 0.05) is 40.9 Å². The number of aromatic nitrogens is 4. The van der Waals surface area contributed by atoms with Crippen LogP contribution < -0.4 is 20.1 Å². The van der Waals surface area contributed by atoms with E-state index in [1.807, 2.05) is 86.2 Å². The molecule has 2 fully saturated rings. The van der Waals surface area contributed by atoms with E-state index in [-0.39, 0.29) is 30.5 Å². The average Bonchev–Trinajstić information content (AvgIpc) is 3.95. The molecule has 4 unspecified atom stereocenters. The summed E-state index contributed by atoms with van der Waals surface area (Å²) in [6.45, 7) is 9.01. The fraction of sp³-hybridized carbons (Fsp3) is 0.417. The second-order valence-corrected chi connectivity index (χ2v) is 13.0. The molecule has 7 rings (SSSR count). The van der Waals surface area contributed by atoms with Gasteiger partial charge in [0.1, 0.15) is 18.5 Å². The largest absolute Gasteiger partial charge is 0.493 e. The molecule has 12 nitrogen and oxygen atoms in total. The molecule has 2 N–H and O–H groups in total. The first-order valence-corrected chi connectivity index (χ1v) is 16.3. The van der Waals surface area contributed by atoms with E-state index in [1.165, 1.54) is 0 Å². The van der Waals surface area contributed by atoms with Crippen LogP contribution in [-0.4, -0.2) is 71.4 Å². The molecule has 4 heterocycles. The molecule has 5 aromatic rings. The third-order valence-electron chi connectivity index (χ3n) is 8.11. The lowest BCUT2D eigenvalue weighted by Gasteiger charge is -2.17. The summed E-state index contributed by atoms with van der Waals surface area (Å²) in [6, 6.07) is 17.9. The van der Waals surface area contributed by atoms with Crippen LogP contribution in [0.1, 0.15) is 46.8 Å². The second kappa shape index (κ2) is 13.2. The Labute approximate surface area is 279 Å². The van der Waals surface area contributed by atoms with E-state index in [1.54, 1.807) is 14.2 Å². The van der Waals surface area contributed by atoms with Crippen molar-refractivity contribution in [3.63, 3.8) is 0 Å². The molecular weight excluding hydrogens is 612 g/mol. The third-order valence-corrected chi connectivity index (χ3v) is 8.11. The molecule has 12 heteroatoms. The molecular formula is C36H42N6O6. The van der Waals surface area contributed by atoms with Crippen LogP contribution in [0.15, 0.2) is 60.8 Å². The smallest absolute Gasteiger partial charge is 0.207 e. The predicted octanol–water partition coefficient (Wildman–Crippen LogP) is 7.03. The zero-order valence-electron chi connectivity index (χ0n) is 28.1. The van der Waals surface area contributed by atoms with E-state index >= 15 is 0 Å². The predicted molar refractivity (Wildman–Crippen MR) is 184 cm³/mol. The zero-order valence-corrected chi connectivity index (χ0v) is 28.1. The van der Waals surface area contributed by atoms with Gasteiger partial charge in [0.15, 0.2) is 23.6 Å². The van der Waals surface area contributed by atoms with Gasteiger partial charge in [-0.05, 0) is 63.6 Å². The standard InChI is InChI=1S/C36H42N6O6/c1-7-9-28-33(46-28)39-23-11-8-10-21(16-23)31-40-26-19-29(44-6)30(45-15-14-43-5)18-25(26)32(41-31)38-24-12-13-27-22(17-24)20-37-42(27)34-35(47-34)48-36(2,3)4/h8,10-13,16-20,28,33-35,39H,7,9,14-15H2,1-6H3,(H,38,40,41). The van der Waals surface area contributed by atoms with Crippen molar-refractivity contribution in [1.82, 2.24) is 19.7 Å². The highest BCUT2D eigenvalue weighted by Crippen LogP contribution is 2.40. The number of rotatable bonds is 14. The van der Waals surface area contributed by atoms with E-state index in [4.69, 9.17) is 38.4 Å². The monoisotopic (exact) mass is 654 g/mol. The first-order valence-electron chi connectivity index (χ1n) is 16.3. The number of hydrogen-bond acceptors (Lipinski definition) is 11. The fourth-order valence-electron chi connectivity index (χ4n) is 5.72. The Morgan fingerprint density at radius 3 is 2.60 bits per heavy atom. The van der Waals surface area contributed by atoms with Gasteiger partial charge in [-0.2, -0.15) is 5.10 Å². The van der Waals surface area contributed by atoms with Crippen LogP contribution in [0.3, 0.4) is 0 Å². The molecule has 0 bridgehead atoms. The van der Waals surface area contributed by atoms with Crippen molar-refractivity contribution in [3.8, 4) is 22.9 Å². The van der Waals surface area contributed by atoms with Crippen LogP contribution in [-0.2, 0) is 18.9 Å². The maximum atomic E-state index is 6.02. The molecule has 2 aromatic heterocycles. The summed E-state index contributed by atoms with van der Waals surface area (Å²) in [6.07, 6.45) is 3.65. The van der Waals surface area contributed by atoms with Crippen molar-refractivity contribution in [2.45, 2.75) is 71.0 Å². The summed E-state index contributed by atoms with van der Waals surface area (Å²) < 4.78 is 36.3. The van der Waals surface area contributed by atoms with E-state index in [0.29, 0.717) is 41.9 Å². The lowest BCUT2D eigenvalue weighted by atomic mass is 10.1. The molecule has 252 valence electrons. The number of nitrogens with one attached hydrogen (secondary N) is 2. The van der Waals surface area contributed by atoms with Crippen LogP contribution in [0.25, 0.3) is 33.2 Å². The van der Waals surface area contributed by atoms with Crippen LogP contribution in [0.2, 0.25) is 0 Å². The number of hydrogen-bond donors (Lipinski definition) is 2. The summed E-state index contributed by atoms with van der Waals surface area (Å²) >= 11 is 0. The number of ether oxygens (including phenoxy) is 6. The number of benzene rings is 3. The summed E-state index contributed by atoms with van der Waals surface area (Å²) in [4.78, 5) is 10.0. The molecule has 0 aliphatic carbocycles. The Morgan fingerprint density at radius 1 is 0.938 bits per heavy atom. The minimum absolute atomic E-state index is 0.0263. The van der Waals surface area contributed by atoms with Crippen LogP contribution in [0, 0.1) is 0 Å². The Hall–Kier alpha value is -4.49. The highest BCUT2D eigenvalue weighted by molar-refractivity contribution is 5.95. The SMILES string of the molecule is CCCC1OC1Nc1cccc(-c2nc(Nc3ccc4c(cnn4C4OC4OC(C)(C)C)c3)c3cc(OCCOC)c(OC)cc3n2)c1. The summed E-state index contributed by atoms with van der Waals surface area (Å²) in [5, 5.41) is 13.4. The van der Waals surface area contributed by atoms with Crippen molar-refractivity contribution in [3.05, 3.63) is 60.8 Å². The zero-order chi connectivity index (χ0) is 33.4. The Balaban J connectivity index is 1.22. The molecule has 0 amide bonds. The van der Waals surface area contributed by atoms with Crippen molar-refractivity contribution >= 4 is 39.0 Å². The third kappa shape index (κ3) is 7.02. The van der Waals surface area contributed by atoms with Crippen molar-refractivity contribution in [2.24, 2.45) is 0 Å². The number of nitrogens with zero attached hydrogens (tertiary/aromatic N) is 4. The minimum atomic E-state index is -0.322. The summed E-state index contributed by atoms with van der Waals surface area (Å²) in [5.41, 5.74) is 4.00. The number of epoxide rings is 2. The fourth-order valence-corrected chi connectivity index (χ4v) is 5.72. The van der Waals surface area contributed by atoms with Crippen LogP contribution in [0.4, 0.5) is 17.2 Å². The topological polar surface area (TPSA) is 130 Å². The Bertz CT molecular complexity index is 1920. The first kappa shape index (κ1) is 32.1. The Morgan fingerprint density at radius 2 is 1.81 bits per heavy atom. The van der Waals surface area contributed by atoms with Crippen molar-refractivity contribution in [1.29, 1.82) is 0 Å². The maximum Gasteiger partial charge on any atom is 0.207 e. The lowest BCUT2D eigenvalue weighted by Crippen LogP contribution is -2.21. The van der Waals surface area contributed by atoms with E-state index in [2.05, 4.69) is 22.7 Å². The number of anilines is 3. The van der Waals surface area contributed by atoms with Gasteiger partial charge in [0.05, 0.1) is 36.5 Å². The molecule has 3 aromatic carbocycles. The Kier molecular flexibility index (Phi) is 8.82. The minimum Gasteiger partial charge on any atom is -0.493 e. The molecule has 0 spiro atoms. The highest BCUT2D eigenvalue weighted by Gasteiger charge is 2.45. The normalized spacial score (nSPS) is 20.2. The molecule has 48 heavy (non-hydrogen) atoms. The molecule has 4 atom stereocenters. The van der Waals surface area contributed by atoms with E-state index in [9.17, 15) is 0 Å². The van der Waals surface area contributed by atoms with Gasteiger partial charge in [-0.3, -0.25) is 0 Å². The molecule has 2 saturated heterocycles. The van der Waals surface area contributed by atoms with Crippen LogP contribution in [0.5, 0.6) is 11.5 Å². The highest BCUT2D eigenvalue weighted by atomic mass is 16.8. The second-order valence-electron chi connectivity index (χ2n) is 13.0. The van der Waals surface area contributed by atoms with Gasteiger partial charge < -0.3 is 39.1 Å². The number of fused-ring (bicyclic) bond motifs is 2. The molecule has 2 aliphatic rings. The van der Waals surface area contributed by atoms with Gasteiger partial charge in [-0.1, -0.05) is 25.5 Å². The first-order chi connectivity index (χ1) is 23.2. The summed E-state index contributed by atoms with van der Waals surface area (Å²) in [5.74, 6) is 2.33. The van der Waals surface area contributed by atoms with Crippen LogP contribution >= 0.6 is 0 Å². The average molecular weight is 655 g/mol. The van der Waals surface area contributed by atoms with E-state index < -0.39 is 0 Å². The quantitative estimate of drug-likeness (QED) is 0.0945. The molecule has 0 saturated carbocycles. The summed E-state index contributed by atoms with van der Waals surface area (Å²) in [7, 11) is 3.26. The maximum absolute atomic E-state index is 6.02. The molecule has 2 aliphatic heterocycles. The van der Waals surface area contributed by atoms with Gasteiger partial charge in [-0.25, -0.2) is 14.6 Å². The van der Waals surface area contributed by atoms with Crippen molar-refractivity contribution < 1.29 is 28.4 Å². The van der Waals surface area contributed by atoms with Gasteiger partial charge in [0.2, 0.25) is 12.5 Å². The van der Waals surface area contributed by atoms with Crippen molar-refractivity contribution in [2.75, 3.05) is 38.1 Å². The van der Waals surface area contributed by atoms with E-state index in [0.717, 1.165) is 46.1 Å². The van der Waals surface area contributed by atoms with Gasteiger partial charge in [0.25, 0.3) is 0 Å².